The summed E-state index contributed by atoms with van der Waals surface area (Å²) >= 11 is 7.23. The molecule has 0 amide bonds. The van der Waals surface area contributed by atoms with Gasteiger partial charge >= 0.3 is 0 Å². The summed E-state index contributed by atoms with van der Waals surface area (Å²) in [5.74, 6) is 0.716. The van der Waals surface area contributed by atoms with E-state index in [-0.39, 0.29) is 16.7 Å². The largest absolute Gasteiger partial charge is 0.469 e. The van der Waals surface area contributed by atoms with E-state index in [1.165, 1.54) is 15.7 Å². The predicted octanol–water partition coefficient (Wildman–Crippen LogP) is 2.16. The smallest absolute Gasteiger partial charge is 0.259 e. The second-order valence-electron chi connectivity index (χ2n) is 3.99. The van der Waals surface area contributed by atoms with Crippen molar-refractivity contribution in [3.8, 4) is 0 Å². The molecule has 0 saturated heterocycles. The maximum atomic E-state index is 12.3. The summed E-state index contributed by atoms with van der Waals surface area (Å²) in [4.78, 5) is 4.55. The Kier molecular flexibility index (Phi) is 3.55. The van der Waals surface area contributed by atoms with Crippen LogP contribution in [0.1, 0.15) is 5.76 Å². The van der Waals surface area contributed by atoms with Gasteiger partial charge in [0.1, 0.15) is 5.76 Å². The number of nitrogens with one attached hydrogen (secondary N) is 1. The van der Waals surface area contributed by atoms with Gasteiger partial charge in [-0.25, -0.2) is 18.1 Å². The molecule has 0 bridgehead atoms. The molecular weight excluding hydrogens is 322 g/mol. The van der Waals surface area contributed by atoms with Gasteiger partial charge in [0.05, 0.1) is 6.26 Å². The molecule has 3 heterocycles. The van der Waals surface area contributed by atoms with Crippen LogP contribution in [0.3, 0.4) is 0 Å². The Bertz CT molecular complexity index is 820. The highest BCUT2D eigenvalue weighted by Crippen LogP contribution is 2.25. The van der Waals surface area contributed by atoms with Crippen molar-refractivity contribution in [1.82, 2.24) is 14.1 Å². The number of rotatable bonds is 5. The number of sulfonamides is 1. The fourth-order valence-corrected chi connectivity index (χ4v) is 4.29. The molecule has 3 aromatic rings. The van der Waals surface area contributed by atoms with Crippen molar-refractivity contribution < 1.29 is 12.8 Å². The van der Waals surface area contributed by atoms with Crippen LogP contribution in [-0.2, 0) is 16.4 Å². The Morgan fingerprint density at radius 2 is 2.35 bits per heavy atom. The first-order valence-corrected chi connectivity index (χ1v) is 8.45. The lowest BCUT2D eigenvalue weighted by atomic mass is 10.3. The quantitative estimate of drug-likeness (QED) is 0.777. The van der Waals surface area contributed by atoms with E-state index in [0.717, 1.165) is 0 Å². The zero-order chi connectivity index (χ0) is 14.2. The van der Waals surface area contributed by atoms with Crippen molar-refractivity contribution >= 4 is 37.9 Å². The summed E-state index contributed by atoms with van der Waals surface area (Å²) in [5, 5.41) is 1.69. The number of nitrogens with zero attached hydrogens (tertiary/aromatic N) is 2. The second-order valence-corrected chi connectivity index (χ2v) is 6.90. The molecule has 3 aromatic heterocycles. The first kappa shape index (κ1) is 13.6. The Balaban J connectivity index is 1.81. The van der Waals surface area contributed by atoms with E-state index >= 15 is 0 Å². The van der Waals surface area contributed by atoms with Gasteiger partial charge in [-0.1, -0.05) is 11.6 Å². The highest BCUT2D eigenvalue weighted by molar-refractivity contribution is 7.89. The molecule has 6 nitrogen and oxygen atoms in total. The van der Waals surface area contributed by atoms with Gasteiger partial charge in [0.15, 0.2) is 15.1 Å². The van der Waals surface area contributed by atoms with Crippen molar-refractivity contribution in [2.75, 3.05) is 6.54 Å². The third-order valence-corrected chi connectivity index (χ3v) is 5.29. The molecule has 0 fully saturated rings. The van der Waals surface area contributed by atoms with Crippen LogP contribution < -0.4 is 4.72 Å². The van der Waals surface area contributed by atoms with E-state index in [9.17, 15) is 8.42 Å². The number of imidazole rings is 1. The number of aromatic nitrogens is 2. The Morgan fingerprint density at radius 1 is 1.50 bits per heavy atom. The first-order valence-electron chi connectivity index (χ1n) is 5.71. The van der Waals surface area contributed by atoms with Gasteiger partial charge in [-0.2, -0.15) is 0 Å². The summed E-state index contributed by atoms with van der Waals surface area (Å²) in [6, 6.07) is 3.55. The Morgan fingerprint density at radius 3 is 3.10 bits per heavy atom. The van der Waals surface area contributed by atoms with Crippen molar-refractivity contribution in [2.45, 2.75) is 11.4 Å². The number of hydrogen-bond acceptors (Lipinski definition) is 5. The Labute approximate surface area is 124 Å². The molecule has 0 radical (unpaired) electrons. The molecule has 0 aliphatic carbocycles. The van der Waals surface area contributed by atoms with Gasteiger partial charge in [0, 0.05) is 24.5 Å². The second kappa shape index (κ2) is 5.21. The molecule has 1 N–H and O–H groups in total. The highest BCUT2D eigenvalue weighted by Gasteiger charge is 2.24. The van der Waals surface area contributed by atoms with Gasteiger partial charge in [-0.3, -0.25) is 4.40 Å². The molecular formula is C11H10ClN3O3S2. The summed E-state index contributed by atoms with van der Waals surface area (Å²) in [7, 11) is -3.71. The van der Waals surface area contributed by atoms with Gasteiger partial charge < -0.3 is 4.42 Å². The molecule has 3 rings (SSSR count). The van der Waals surface area contributed by atoms with E-state index in [0.29, 0.717) is 17.1 Å². The Hall–Kier alpha value is -1.35. The molecule has 0 aliphatic rings. The number of halogens is 1. The zero-order valence-corrected chi connectivity index (χ0v) is 12.5. The summed E-state index contributed by atoms with van der Waals surface area (Å²) in [6.07, 6.45) is 3.64. The minimum absolute atomic E-state index is 0.0256. The lowest BCUT2D eigenvalue weighted by Gasteiger charge is -2.05. The average Bonchev–Trinajstić information content (AvgIpc) is 3.04. The van der Waals surface area contributed by atoms with Crippen LogP contribution in [0.4, 0.5) is 0 Å². The van der Waals surface area contributed by atoms with E-state index < -0.39 is 10.0 Å². The van der Waals surface area contributed by atoms with E-state index in [4.69, 9.17) is 16.0 Å². The number of hydrogen-bond donors (Lipinski definition) is 1. The first-order chi connectivity index (χ1) is 9.58. The van der Waals surface area contributed by atoms with Gasteiger partial charge in [-0.05, 0) is 12.1 Å². The molecule has 0 aromatic carbocycles. The topological polar surface area (TPSA) is 76.6 Å². The fourth-order valence-electron chi connectivity index (χ4n) is 1.81. The molecule has 0 saturated carbocycles. The minimum Gasteiger partial charge on any atom is -0.469 e. The summed E-state index contributed by atoms with van der Waals surface area (Å²) in [6.45, 7) is 0.226. The summed E-state index contributed by atoms with van der Waals surface area (Å²) < 4.78 is 33.6. The van der Waals surface area contributed by atoms with Crippen LogP contribution in [0.5, 0.6) is 0 Å². The molecule has 9 heteroatoms. The van der Waals surface area contributed by atoms with Crippen LogP contribution in [0.25, 0.3) is 4.96 Å². The van der Waals surface area contributed by atoms with Crippen molar-refractivity contribution in [2.24, 2.45) is 0 Å². The monoisotopic (exact) mass is 331 g/mol. The maximum absolute atomic E-state index is 12.3. The van der Waals surface area contributed by atoms with Gasteiger partial charge in [0.25, 0.3) is 10.0 Å². The van der Waals surface area contributed by atoms with Crippen LogP contribution in [0.2, 0.25) is 5.15 Å². The summed E-state index contributed by atoms with van der Waals surface area (Å²) in [5.41, 5.74) is 0. The van der Waals surface area contributed by atoms with E-state index in [1.807, 2.05) is 0 Å². The molecule has 0 aliphatic heterocycles. The molecule has 106 valence electrons. The van der Waals surface area contributed by atoms with E-state index in [1.54, 1.807) is 30.0 Å². The molecule has 0 atom stereocenters. The van der Waals surface area contributed by atoms with Crippen LogP contribution in [-0.4, -0.2) is 24.3 Å². The SMILES string of the molecule is O=S(=O)(NCCc1ccco1)c1c(Cl)nc2sccn12. The minimum atomic E-state index is -3.71. The van der Waals surface area contributed by atoms with Gasteiger partial charge in [-0.15, -0.1) is 11.3 Å². The fraction of sp³-hybridized carbons (Fsp3) is 0.182. The highest BCUT2D eigenvalue weighted by atomic mass is 35.5. The normalized spacial score (nSPS) is 12.2. The van der Waals surface area contributed by atoms with Crippen LogP contribution in [0, 0.1) is 0 Å². The number of fused-ring (bicyclic) bond motifs is 1. The lowest BCUT2D eigenvalue weighted by Crippen LogP contribution is -2.27. The van der Waals surface area contributed by atoms with Crippen molar-refractivity contribution in [1.29, 1.82) is 0 Å². The van der Waals surface area contributed by atoms with Gasteiger partial charge in [0.2, 0.25) is 0 Å². The third-order valence-electron chi connectivity index (χ3n) is 2.68. The maximum Gasteiger partial charge on any atom is 0.259 e. The average molecular weight is 332 g/mol. The number of furan rings is 1. The lowest BCUT2D eigenvalue weighted by molar-refractivity contribution is 0.505. The van der Waals surface area contributed by atoms with E-state index in [2.05, 4.69) is 9.71 Å². The molecule has 0 spiro atoms. The third kappa shape index (κ3) is 2.47. The standard InChI is InChI=1S/C11H10ClN3O3S2/c12-9-10(15-5-7-19-11(15)14-9)20(16,17)13-4-3-8-2-1-6-18-8/h1-2,5-7,13H,3-4H2. The molecule has 0 unspecified atom stereocenters. The van der Waals surface area contributed by atoms with Crippen molar-refractivity contribution in [3.05, 3.63) is 40.9 Å². The van der Waals surface area contributed by atoms with Crippen molar-refractivity contribution in [3.63, 3.8) is 0 Å². The molecule has 20 heavy (non-hydrogen) atoms. The number of thiazole rings is 1. The van der Waals surface area contributed by atoms with Crippen LogP contribution in [0.15, 0.2) is 39.4 Å². The van der Waals surface area contributed by atoms with Crippen LogP contribution >= 0.6 is 22.9 Å². The predicted molar refractivity (Wildman–Crippen MR) is 75.7 cm³/mol. The zero-order valence-electron chi connectivity index (χ0n) is 10.1.